The van der Waals surface area contributed by atoms with E-state index in [-0.39, 0.29) is 5.91 Å². The highest BCUT2D eigenvalue weighted by atomic mass is 16.5. The average molecular weight is 583 g/mol. The van der Waals surface area contributed by atoms with Crippen molar-refractivity contribution in [3.8, 4) is 0 Å². The van der Waals surface area contributed by atoms with E-state index in [0.717, 1.165) is 61.9 Å². The number of ether oxygens (including phenoxy) is 1. The first-order chi connectivity index (χ1) is 20.9. The van der Waals surface area contributed by atoms with E-state index in [1.54, 1.807) is 0 Å². The number of benzene rings is 2. The molecule has 0 spiro atoms. The number of unbranched alkanes of at least 4 members (excludes halogenated alkanes) is 2. The van der Waals surface area contributed by atoms with Crippen LogP contribution in [0.1, 0.15) is 99.7 Å². The molecule has 1 aromatic heterocycles. The summed E-state index contributed by atoms with van der Waals surface area (Å²) in [5.74, 6) is -1.18. The Kier molecular flexibility index (Phi) is 12.1. The number of aliphatic carboxylic acids is 1. The number of aromatic nitrogens is 1. The summed E-state index contributed by atoms with van der Waals surface area (Å²) < 4.78 is 5.92. The Balaban J connectivity index is 1.29. The molecule has 2 aromatic carbocycles. The normalized spacial score (nSPS) is 14.6. The van der Waals surface area contributed by atoms with E-state index in [9.17, 15) is 14.7 Å². The van der Waals surface area contributed by atoms with Crippen LogP contribution < -0.4 is 4.90 Å². The number of aryl methyl sites for hydroxylation is 2. The fourth-order valence-corrected chi connectivity index (χ4v) is 5.98. The maximum atomic E-state index is 12.8. The average Bonchev–Trinajstić information content (AvgIpc) is 3.02. The fourth-order valence-electron chi connectivity index (χ4n) is 5.98. The molecule has 1 aliphatic carbocycles. The third-order valence-corrected chi connectivity index (χ3v) is 8.32. The van der Waals surface area contributed by atoms with Gasteiger partial charge in [-0.3, -0.25) is 14.7 Å². The first-order valence-corrected chi connectivity index (χ1v) is 15.8. The van der Waals surface area contributed by atoms with Crippen LogP contribution in [-0.2, 0) is 33.8 Å². The lowest BCUT2D eigenvalue weighted by Gasteiger charge is -2.42. The molecule has 0 saturated heterocycles. The lowest BCUT2D eigenvalue weighted by Crippen LogP contribution is -2.58. The van der Waals surface area contributed by atoms with Crippen molar-refractivity contribution >= 4 is 29.7 Å². The van der Waals surface area contributed by atoms with Crippen molar-refractivity contribution in [2.75, 3.05) is 11.5 Å². The zero-order chi connectivity index (χ0) is 30.5. The Hall–Kier alpha value is -3.77. The number of carboxylic acid groups (broad SMARTS) is 1. The number of rotatable bonds is 15. The molecule has 1 saturated carbocycles. The zero-order valence-corrected chi connectivity index (χ0v) is 25.8. The molecule has 0 atom stereocenters. The number of carbonyl (C=O) groups is 2. The van der Waals surface area contributed by atoms with Gasteiger partial charge in [0.05, 0.1) is 18.0 Å². The molecule has 0 radical (unpaired) electrons. The molecule has 3 aromatic rings. The summed E-state index contributed by atoms with van der Waals surface area (Å²) in [5.41, 5.74) is 4.79. The third kappa shape index (κ3) is 9.11. The van der Waals surface area contributed by atoms with Crippen LogP contribution >= 0.6 is 0 Å². The molecule has 0 aliphatic heterocycles. The SMILES string of the molecule is CCCCc1ccc(CCCCOCc2cccc(C=Cc3cccc(N(C(C)=O)C4(C(=O)O)CCCCC4)c3)n2)cc1. The summed E-state index contributed by atoms with van der Waals surface area (Å²) in [6, 6.07) is 22.4. The minimum atomic E-state index is -1.19. The molecule has 1 fully saturated rings. The van der Waals surface area contributed by atoms with Crippen molar-refractivity contribution in [1.29, 1.82) is 0 Å². The standard InChI is InChI=1S/C37H46N2O4/c1-3-4-12-30-18-20-31(21-19-30)13-6-9-26-43-28-34-16-11-15-33(38-34)23-22-32-14-10-17-35(27-32)39(29(2)40)37(36(41)42)24-7-5-8-25-37/h10-11,14-23,27H,3-9,12-13,24-26,28H2,1-2H3,(H,41,42). The van der Waals surface area contributed by atoms with Crippen LogP contribution in [0, 0.1) is 0 Å². The van der Waals surface area contributed by atoms with Gasteiger partial charge < -0.3 is 9.84 Å². The maximum Gasteiger partial charge on any atom is 0.330 e. The molecular weight excluding hydrogens is 536 g/mol. The van der Waals surface area contributed by atoms with E-state index < -0.39 is 11.5 Å². The molecule has 1 N–H and O–H groups in total. The maximum absolute atomic E-state index is 12.8. The van der Waals surface area contributed by atoms with Gasteiger partial charge in [-0.2, -0.15) is 0 Å². The van der Waals surface area contributed by atoms with E-state index in [0.29, 0.717) is 31.7 Å². The molecule has 0 bridgehead atoms. The Labute approximate surface area is 256 Å². The van der Waals surface area contributed by atoms with Crippen molar-refractivity contribution in [3.05, 3.63) is 94.8 Å². The van der Waals surface area contributed by atoms with Crippen molar-refractivity contribution in [2.24, 2.45) is 0 Å². The number of hydrogen-bond donors (Lipinski definition) is 1. The smallest absolute Gasteiger partial charge is 0.330 e. The van der Waals surface area contributed by atoms with Crippen LogP contribution in [0.15, 0.2) is 66.7 Å². The predicted molar refractivity (Wildman–Crippen MR) is 174 cm³/mol. The molecule has 4 rings (SSSR count). The highest BCUT2D eigenvalue weighted by Crippen LogP contribution is 2.38. The number of pyridine rings is 1. The van der Waals surface area contributed by atoms with Gasteiger partial charge in [0.15, 0.2) is 0 Å². The molecule has 43 heavy (non-hydrogen) atoms. The molecule has 6 nitrogen and oxygen atoms in total. The topological polar surface area (TPSA) is 79.7 Å². The number of carbonyl (C=O) groups excluding carboxylic acids is 1. The molecule has 228 valence electrons. The zero-order valence-electron chi connectivity index (χ0n) is 25.8. The van der Waals surface area contributed by atoms with Crippen LogP contribution in [-0.4, -0.2) is 34.1 Å². The van der Waals surface area contributed by atoms with E-state index in [1.165, 1.54) is 35.8 Å². The molecule has 1 heterocycles. The van der Waals surface area contributed by atoms with Crippen molar-refractivity contribution in [1.82, 2.24) is 4.98 Å². The largest absolute Gasteiger partial charge is 0.479 e. The molecule has 1 aliphatic rings. The molecular formula is C37H46N2O4. The number of hydrogen-bond acceptors (Lipinski definition) is 4. The molecule has 1 amide bonds. The van der Waals surface area contributed by atoms with Crippen molar-refractivity contribution in [2.45, 2.75) is 96.6 Å². The highest BCUT2D eigenvalue weighted by Gasteiger charge is 2.47. The van der Waals surface area contributed by atoms with Gasteiger partial charge in [0.1, 0.15) is 5.54 Å². The van der Waals surface area contributed by atoms with E-state index in [4.69, 9.17) is 9.72 Å². The minimum absolute atomic E-state index is 0.253. The monoisotopic (exact) mass is 582 g/mol. The van der Waals surface area contributed by atoms with E-state index in [2.05, 4.69) is 31.2 Å². The number of nitrogens with zero attached hydrogens (tertiary/aromatic N) is 2. The summed E-state index contributed by atoms with van der Waals surface area (Å²) in [6.07, 6.45) is 14.2. The van der Waals surface area contributed by atoms with Gasteiger partial charge in [-0.15, -0.1) is 0 Å². The summed E-state index contributed by atoms with van der Waals surface area (Å²) in [6.45, 7) is 4.85. The fraction of sp³-hybridized carbons (Fsp3) is 0.432. The second-order valence-corrected chi connectivity index (χ2v) is 11.7. The first kappa shape index (κ1) is 32.2. The lowest BCUT2D eigenvalue weighted by atomic mass is 9.79. The summed E-state index contributed by atoms with van der Waals surface area (Å²) >= 11 is 0. The van der Waals surface area contributed by atoms with Crippen LogP contribution in [0.25, 0.3) is 12.2 Å². The van der Waals surface area contributed by atoms with Gasteiger partial charge >= 0.3 is 5.97 Å². The van der Waals surface area contributed by atoms with Crippen LogP contribution in [0.4, 0.5) is 5.69 Å². The summed E-state index contributed by atoms with van der Waals surface area (Å²) in [5, 5.41) is 10.2. The quantitative estimate of drug-likeness (QED) is 0.182. The van der Waals surface area contributed by atoms with Gasteiger partial charge in [0.2, 0.25) is 5.91 Å². The Morgan fingerprint density at radius 3 is 2.28 bits per heavy atom. The first-order valence-electron chi connectivity index (χ1n) is 15.8. The van der Waals surface area contributed by atoms with Gasteiger partial charge in [-0.25, -0.2) is 4.79 Å². The number of carboxylic acids is 1. The van der Waals surface area contributed by atoms with Gasteiger partial charge in [-0.05, 0) is 92.0 Å². The van der Waals surface area contributed by atoms with Gasteiger partial charge in [0, 0.05) is 19.2 Å². The Morgan fingerprint density at radius 1 is 0.907 bits per heavy atom. The third-order valence-electron chi connectivity index (χ3n) is 8.32. The molecule has 0 unspecified atom stereocenters. The van der Waals surface area contributed by atoms with E-state index >= 15 is 0 Å². The predicted octanol–water partition coefficient (Wildman–Crippen LogP) is 8.27. The number of amides is 1. The van der Waals surface area contributed by atoms with Crippen LogP contribution in [0.2, 0.25) is 0 Å². The number of anilines is 1. The second-order valence-electron chi connectivity index (χ2n) is 11.7. The molecule has 6 heteroatoms. The van der Waals surface area contributed by atoms with Crippen LogP contribution in [0.5, 0.6) is 0 Å². The van der Waals surface area contributed by atoms with E-state index in [1.807, 2.05) is 54.6 Å². The van der Waals surface area contributed by atoms with Gasteiger partial charge in [-0.1, -0.05) is 81.1 Å². The second kappa shape index (κ2) is 16.2. The Bertz CT molecular complexity index is 1360. The summed E-state index contributed by atoms with van der Waals surface area (Å²) in [7, 11) is 0. The highest BCUT2D eigenvalue weighted by molar-refractivity contribution is 6.00. The van der Waals surface area contributed by atoms with Crippen LogP contribution in [0.3, 0.4) is 0 Å². The minimum Gasteiger partial charge on any atom is -0.479 e. The summed E-state index contributed by atoms with van der Waals surface area (Å²) in [4.78, 5) is 31.4. The van der Waals surface area contributed by atoms with Gasteiger partial charge in [0.25, 0.3) is 0 Å². The Morgan fingerprint density at radius 2 is 1.60 bits per heavy atom. The lowest BCUT2D eigenvalue weighted by molar-refractivity contribution is -0.146. The van der Waals surface area contributed by atoms with Crippen molar-refractivity contribution in [3.63, 3.8) is 0 Å². The van der Waals surface area contributed by atoms with Crippen molar-refractivity contribution < 1.29 is 19.4 Å².